The number of carbonyl (C=O) groups excluding carboxylic acids is 1. The number of aryl methyl sites for hydroxylation is 1. The molecule has 1 unspecified atom stereocenters. The van der Waals surface area contributed by atoms with Crippen LogP contribution in [0.15, 0.2) is 47.5 Å². The van der Waals surface area contributed by atoms with Gasteiger partial charge in [0, 0.05) is 25.2 Å². The van der Waals surface area contributed by atoms with Crippen LogP contribution in [0.2, 0.25) is 0 Å². The summed E-state index contributed by atoms with van der Waals surface area (Å²) in [6.07, 6.45) is -0.729. The Morgan fingerprint density at radius 2 is 1.85 bits per heavy atom. The molecule has 0 bridgehead atoms. The summed E-state index contributed by atoms with van der Waals surface area (Å²) in [5.74, 6) is 0.482. The first kappa shape index (κ1) is 28.6. The van der Waals surface area contributed by atoms with Gasteiger partial charge in [-0.05, 0) is 63.1 Å². The van der Waals surface area contributed by atoms with Crippen LogP contribution in [0, 0.1) is 12.7 Å². The Balaban J connectivity index is 0.00000544. The van der Waals surface area contributed by atoms with Gasteiger partial charge >= 0.3 is 0 Å². The van der Waals surface area contributed by atoms with Gasteiger partial charge in [0.2, 0.25) is 0 Å². The minimum Gasteiger partial charge on any atom is -0.491 e. The smallest absolute Gasteiger partial charge is 0.251 e. The summed E-state index contributed by atoms with van der Waals surface area (Å²) in [7, 11) is 0. The van der Waals surface area contributed by atoms with E-state index < -0.39 is 11.9 Å². The lowest BCUT2D eigenvalue weighted by Crippen LogP contribution is -2.41. The van der Waals surface area contributed by atoms with Gasteiger partial charge in [-0.1, -0.05) is 18.2 Å². The largest absolute Gasteiger partial charge is 0.491 e. The fraction of sp³-hybridized carbons (Fsp3) is 0.417. The molecule has 1 atom stereocenters. The number of benzene rings is 2. The van der Waals surface area contributed by atoms with E-state index in [1.165, 1.54) is 6.07 Å². The van der Waals surface area contributed by atoms with Crippen molar-refractivity contribution >= 4 is 35.8 Å². The average molecular weight is 572 g/mol. The molecule has 0 saturated carbocycles. The Morgan fingerprint density at radius 3 is 2.52 bits per heavy atom. The number of guanidine groups is 1. The lowest BCUT2D eigenvalue weighted by molar-refractivity contribution is 0.0954. The average Bonchev–Trinajstić information content (AvgIpc) is 2.76. The van der Waals surface area contributed by atoms with Crippen molar-refractivity contribution in [3.05, 3.63) is 65.0 Å². The van der Waals surface area contributed by atoms with Gasteiger partial charge in [-0.2, -0.15) is 0 Å². The molecule has 182 valence electrons. The van der Waals surface area contributed by atoms with Crippen LogP contribution in [0.4, 0.5) is 4.39 Å². The van der Waals surface area contributed by atoms with E-state index in [0.717, 1.165) is 5.56 Å². The van der Waals surface area contributed by atoms with Crippen molar-refractivity contribution in [1.29, 1.82) is 0 Å². The highest BCUT2D eigenvalue weighted by Crippen LogP contribution is 2.20. The molecule has 4 N–H and O–H groups in total. The number of aliphatic hydroxyl groups excluding tert-OH is 1. The normalized spacial score (nSPS) is 12.0. The molecule has 0 saturated heterocycles. The maximum Gasteiger partial charge on any atom is 0.251 e. The van der Waals surface area contributed by atoms with E-state index in [2.05, 4.69) is 20.9 Å². The number of halogens is 2. The number of hydrogen-bond donors (Lipinski definition) is 4. The van der Waals surface area contributed by atoms with Crippen LogP contribution in [0.25, 0.3) is 0 Å². The number of rotatable bonds is 10. The van der Waals surface area contributed by atoms with Crippen molar-refractivity contribution in [2.24, 2.45) is 4.99 Å². The molecule has 9 heteroatoms. The Labute approximate surface area is 212 Å². The number of aliphatic hydroxyl groups is 1. The summed E-state index contributed by atoms with van der Waals surface area (Å²) in [6, 6.07) is 11.7. The van der Waals surface area contributed by atoms with E-state index in [0.29, 0.717) is 36.9 Å². The molecule has 2 rings (SSSR count). The highest BCUT2D eigenvalue weighted by Gasteiger charge is 2.10. The van der Waals surface area contributed by atoms with E-state index in [1.54, 1.807) is 19.1 Å². The van der Waals surface area contributed by atoms with Crippen molar-refractivity contribution in [3.8, 4) is 5.75 Å². The van der Waals surface area contributed by atoms with Gasteiger partial charge in [0.1, 0.15) is 11.6 Å². The van der Waals surface area contributed by atoms with Crippen LogP contribution in [-0.2, 0) is 0 Å². The second-order valence-corrected chi connectivity index (χ2v) is 7.62. The van der Waals surface area contributed by atoms with Gasteiger partial charge in [0.25, 0.3) is 5.91 Å². The van der Waals surface area contributed by atoms with E-state index in [9.17, 15) is 14.3 Å². The monoisotopic (exact) mass is 572 g/mol. The van der Waals surface area contributed by atoms with Gasteiger partial charge < -0.3 is 25.8 Å². The molecule has 2 aromatic rings. The molecular formula is C24H34FIN4O3. The summed E-state index contributed by atoms with van der Waals surface area (Å²) in [4.78, 5) is 16.6. The Morgan fingerprint density at radius 1 is 1.12 bits per heavy atom. The minimum absolute atomic E-state index is 0. The van der Waals surface area contributed by atoms with Crippen LogP contribution < -0.4 is 20.7 Å². The number of carbonyl (C=O) groups is 1. The molecule has 1 amide bonds. The summed E-state index contributed by atoms with van der Waals surface area (Å²) in [6.45, 7) is 9.04. The van der Waals surface area contributed by atoms with E-state index in [4.69, 9.17) is 4.74 Å². The molecule has 0 aliphatic rings. The fourth-order valence-electron chi connectivity index (χ4n) is 2.89. The number of amides is 1. The first-order valence-corrected chi connectivity index (χ1v) is 10.8. The molecule has 2 aromatic carbocycles. The first-order chi connectivity index (χ1) is 15.3. The molecule has 0 heterocycles. The van der Waals surface area contributed by atoms with Gasteiger partial charge in [0.15, 0.2) is 5.96 Å². The maximum atomic E-state index is 13.6. The summed E-state index contributed by atoms with van der Waals surface area (Å²) >= 11 is 0. The molecule has 0 radical (unpaired) electrons. The molecule has 0 aliphatic heterocycles. The summed E-state index contributed by atoms with van der Waals surface area (Å²) < 4.78 is 19.3. The zero-order valence-electron chi connectivity index (χ0n) is 19.5. The van der Waals surface area contributed by atoms with Gasteiger partial charge in [0.05, 0.1) is 18.8 Å². The van der Waals surface area contributed by atoms with Crippen LogP contribution in [0.1, 0.15) is 48.4 Å². The predicted molar refractivity (Wildman–Crippen MR) is 140 cm³/mol. The Bertz CT molecular complexity index is 924. The van der Waals surface area contributed by atoms with Crippen LogP contribution >= 0.6 is 24.0 Å². The topological polar surface area (TPSA) is 95.0 Å². The SMILES string of the molecule is CCNC(=NCC(O)c1cccc(OC(C)C)c1)NCCNC(=O)c1ccc(C)c(F)c1.I. The second-order valence-electron chi connectivity index (χ2n) is 7.62. The number of aliphatic imine (C=N–C) groups is 1. The second kappa shape index (κ2) is 14.7. The van der Waals surface area contributed by atoms with E-state index in [1.807, 2.05) is 45.0 Å². The minimum atomic E-state index is -0.780. The number of hydrogen-bond acceptors (Lipinski definition) is 4. The quantitative estimate of drug-likeness (QED) is 0.151. The molecule has 0 aliphatic carbocycles. The summed E-state index contributed by atoms with van der Waals surface area (Å²) in [5, 5.41) is 19.5. The van der Waals surface area contributed by atoms with Crippen LogP contribution in [-0.4, -0.2) is 49.3 Å². The molecule has 0 fully saturated rings. The zero-order valence-corrected chi connectivity index (χ0v) is 21.9. The van der Waals surface area contributed by atoms with Crippen molar-refractivity contribution < 1.29 is 19.0 Å². The molecule has 7 nitrogen and oxygen atoms in total. The number of nitrogens with one attached hydrogen (secondary N) is 3. The van der Waals surface area contributed by atoms with E-state index in [-0.39, 0.29) is 48.1 Å². The molecule has 0 aromatic heterocycles. The maximum absolute atomic E-state index is 13.6. The standard InChI is InChI=1S/C24H33FN4O3.HI/c1-5-26-24(28-12-11-27-23(31)19-10-9-17(4)21(25)14-19)29-15-22(30)18-7-6-8-20(13-18)32-16(2)3;/h6-10,13-14,16,22,30H,5,11-12,15H2,1-4H3,(H,27,31)(H2,26,28,29);1H. The Hall–Kier alpha value is -2.40. The third kappa shape index (κ3) is 9.95. The van der Waals surface area contributed by atoms with Gasteiger partial charge in [-0.15, -0.1) is 24.0 Å². The first-order valence-electron chi connectivity index (χ1n) is 10.8. The molecular weight excluding hydrogens is 538 g/mol. The van der Waals surface area contributed by atoms with Gasteiger partial charge in [-0.3, -0.25) is 9.79 Å². The highest BCUT2D eigenvalue weighted by molar-refractivity contribution is 14.0. The lowest BCUT2D eigenvalue weighted by Gasteiger charge is -2.15. The predicted octanol–water partition coefficient (Wildman–Crippen LogP) is 3.56. The number of nitrogens with zero attached hydrogens (tertiary/aromatic N) is 1. The highest BCUT2D eigenvalue weighted by atomic mass is 127. The molecule has 33 heavy (non-hydrogen) atoms. The van der Waals surface area contributed by atoms with Crippen molar-refractivity contribution in [1.82, 2.24) is 16.0 Å². The van der Waals surface area contributed by atoms with Crippen molar-refractivity contribution in [2.45, 2.75) is 39.9 Å². The third-order valence-corrected chi connectivity index (χ3v) is 4.52. The fourth-order valence-corrected chi connectivity index (χ4v) is 2.89. The third-order valence-electron chi connectivity index (χ3n) is 4.52. The number of ether oxygens (including phenoxy) is 1. The van der Waals surface area contributed by atoms with Crippen molar-refractivity contribution in [3.63, 3.8) is 0 Å². The van der Waals surface area contributed by atoms with Crippen LogP contribution in [0.3, 0.4) is 0 Å². The van der Waals surface area contributed by atoms with Crippen molar-refractivity contribution in [2.75, 3.05) is 26.2 Å². The molecule has 0 spiro atoms. The Kier molecular flexibility index (Phi) is 12.7. The van der Waals surface area contributed by atoms with Gasteiger partial charge in [-0.25, -0.2) is 4.39 Å². The van der Waals surface area contributed by atoms with Crippen LogP contribution in [0.5, 0.6) is 5.75 Å². The lowest BCUT2D eigenvalue weighted by atomic mass is 10.1. The summed E-state index contributed by atoms with van der Waals surface area (Å²) in [5.41, 5.74) is 1.50. The van der Waals surface area contributed by atoms with E-state index >= 15 is 0 Å². The zero-order chi connectivity index (χ0) is 23.5.